The molecule has 106 valence electrons. The van der Waals surface area contributed by atoms with Crippen molar-refractivity contribution < 1.29 is 0 Å². The third kappa shape index (κ3) is 4.50. The second-order valence-corrected chi connectivity index (χ2v) is 6.17. The van der Waals surface area contributed by atoms with E-state index in [9.17, 15) is 0 Å². The van der Waals surface area contributed by atoms with Crippen molar-refractivity contribution >= 4 is 11.6 Å². The van der Waals surface area contributed by atoms with Crippen molar-refractivity contribution in [2.24, 2.45) is 11.8 Å². The zero-order valence-electron chi connectivity index (χ0n) is 12.0. The van der Waals surface area contributed by atoms with Crippen LogP contribution in [0, 0.1) is 11.8 Å². The van der Waals surface area contributed by atoms with Gasteiger partial charge in [0, 0.05) is 5.02 Å². The minimum Gasteiger partial charge on any atom is -0.317 e. The lowest BCUT2D eigenvalue weighted by atomic mass is 9.77. The summed E-state index contributed by atoms with van der Waals surface area (Å²) in [5.74, 6) is 1.62. The lowest BCUT2D eigenvalue weighted by Crippen LogP contribution is -2.31. The normalized spacial score (nSPS) is 18.4. The van der Waals surface area contributed by atoms with E-state index >= 15 is 0 Å². The Morgan fingerprint density at radius 2 is 1.95 bits per heavy atom. The Kier molecular flexibility index (Phi) is 6.19. The van der Waals surface area contributed by atoms with Gasteiger partial charge >= 0.3 is 0 Å². The van der Waals surface area contributed by atoms with Gasteiger partial charge in [0.2, 0.25) is 0 Å². The second kappa shape index (κ2) is 7.91. The fourth-order valence-electron chi connectivity index (χ4n) is 3.29. The molecule has 0 bridgehead atoms. The predicted molar refractivity (Wildman–Crippen MR) is 83.8 cm³/mol. The van der Waals surface area contributed by atoms with Gasteiger partial charge in [0.25, 0.3) is 0 Å². The van der Waals surface area contributed by atoms with Crippen LogP contribution < -0.4 is 5.32 Å². The van der Waals surface area contributed by atoms with Gasteiger partial charge in [-0.2, -0.15) is 0 Å². The van der Waals surface area contributed by atoms with Gasteiger partial charge in [-0.15, -0.1) is 0 Å². The maximum absolute atomic E-state index is 6.32. The third-order valence-electron chi connectivity index (χ3n) is 4.41. The molecule has 1 fully saturated rings. The summed E-state index contributed by atoms with van der Waals surface area (Å²) in [4.78, 5) is 0. The Morgan fingerprint density at radius 1 is 1.21 bits per heavy atom. The standard InChI is InChI=1S/C17H26ClN/c1-2-19-13-16(14-8-4-3-5-9-14)12-15-10-6-7-11-17(15)18/h6-7,10-11,14,16,19H,2-5,8-9,12-13H2,1H3. The molecule has 0 aliphatic heterocycles. The van der Waals surface area contributed by atoms with Crippen LogP contribution in [0.5, 0.6) is 0 Å². The highest BCUT2D eigenvalue weighted by Crippen LogP contribution is 2.32. The Balaban J connectivity index is 2.02. The molecule has 2 rings (SSSR count). The monoisotopic (exact) mass is 279 g/mol. The average molecular weight is 280 g/mol. The fourth-order valence-corrected chi connectivity index (χ4v) is 3.50. The summed E-state index contributed by atoms with van der Waals surface area (Å²) < 4.78 is 0. The highest BCUT2D eigenvalue weighted by atomic mass is 35.5. The largest absolute Gasteiger partial charge is 0.317 e. The minimum atomic E-state index is 0.736. The first-order valence-electron chi connectivity index (χ1n) is 7.75. The molecule has 1 N–H and O–H groups in total. The fraction of sp³-hybridized carbons (Fsp3) is 0.647. The summed E-state index contributed by atoms with van der Waals surface area (Å²) in [7, 11) is 0. The van der Waals surface area contributed by atoms with Crippen LogP contribution in [0.1, 0.15) is 44.6 Å². The van der Waals surface area contributed by atoms with Crippen LogP contribution in [-0.4, -0.2) is 13.1 Å². The number of benzene rings is 1. The Hall–Kier alpha value is -0.530. The van der Waals surface area contributed by atoms with Gasteiger partial charge in [0.05, 0.1) is 0 Å². The molecule has 1 atom stereocenters. The van der Waals surface area contributed by atoms with Crippen LogP contribution in [0.4, 0.5) is 0 Å². The molecule has 1 unspecified atom stereocenters. The number of halogens is 1. The van der Waals surface area contributed by atoms with Gasteiger partial charge in [-0.1, -0.05) is 68.8 Å². The van der Waals surface area contributed by atoms with Gasteiger partial charge in [0.1, 0.15) is 0 Å². The maximum atomic E-state index is 6.32. The molecule has 0 amide bonds. The van der Waals surface area contributed by atoms with E-state index in [0.717, 1.165) is 36.4 Å². The first-order chi connectivity index (χ1) is 9.31. The molecular weight excluding hydrogens is 254 g/mol. The summed E-state index contributed by atoms with van der Waals surface area (Å²) in [6.07, 6.45) is 8.18. The highest BCUT2D eigenvalue weighted by Gasteiger charge is 2.24. The van der Waals surface area contributed by atoms with E-state index < -0.39 is 0 Å². The Morgan fingerprint density at radius 3 is 2.63 bits per heavy atom. The lowest BCUT2D eigenvalue weighted by molar-refractivity contribution is 0.240. The first kappa shape index (κ1) is 14.9. The number of hydrogen-bond acceptors (Lipinski definition) is 1. The number of nitrogens with one attached hydrogen (secondary N) is 1. The molecule has 0 saturated heterocycles. The van der Waals surface area contributed by atoms with Gasteiger partial charge in [-0.05, 0) is 43.0 Å². The molecule has 0 heterocycles. The molecule has 1 aromatic carbocycles. The molecule has 0 aromatic heterocycles. The predicted octanol–water partition coefficient (Wildman–Crippen LogP) is 4.69. The molecule has 2 heteroatoms. The van der Waals surface area contributed by atoms with E-state index in [1.165, 1.54) is 37.7 Å². The van der Waals surface area contributed by atoms with E-state index in [-0.39, 0.29) is 0 Å². The van der Waals surface area contributed by atoms with Gasteiger partial charge in [-0.25, -0.2) is 0 Å². The summed E-state index contributed by atoms with van der Waals surface area (Å²) in [5, 5.41) is 4.47. The summed E-state index contributed by atoms with van der Waals surface area (Å²) in [6, 6.07) is 8.32. The molecule has 1 saturated carbocycles. The average Bonchev–Trinajstić information content (AvgIpc) is 2.46. The van der Waals surface area contributed by atoms with Gasteiger partial charge in [0.15, 0.2) is 0 Å². The van der Waals surface area contributed by atoms with Gasteiger partial charge in [-0.3, -0.25) is 0 Å². The van der Waals surface area contributed by atoms with E-state index in [0.29, 0.717) is 0 Å². The summed E-state index contributed by atoms with van der Waals surface area (Å²) in [6.45, 7) is 4.38. The van der Waals surface area contributed by atoms with Gasteiger partial charge < -0.3 is 5.32 Å². The van der Waals surface area contributed by atoms with Crippen molar-refractivity contribution in [2.75, 3.05) is 13.1 Å². The molecule has 1 aliphatic carbocycles. The van der Waals surface area contributed by atoms with Crippen molar-refractivity contribution in [3.63, 3.8) is 0 Å². The van der Waals surface area contributed by atoms with Crippen LogP contribution in [0.15, 0.2) is 24.3 Å². The van der Waals surface area contributed by atoms with Crippen LogP contribution in [0.2, 0.25) is 5.02 Å². The van der Waals surface area contributed by atoms with Crippen molar-refractivity contribution in [2.45, 2.75) is 45.4 Å². The molecule has 0 spiro atoms. The molecule has 0 radical (unpaired) electrons. The van der Waals surface area contributed by atoms with Crippen molar-refractivity contribution in [1.82, 2.24) is 5.32 Å². The summed E-state index contributed by atoms with van der Waals surface area (Å²) in [5.41, 5.74) is 1.32. The van der Waals surface area contributed by atoms with Crippen molar-refractivity contribution in [3.8, 4) is 0 Å². The van der Waals surface area contributed by atoms with Crippen LogP contribution in [0.3, 0.4) is 0 Å². The number of rotatable bonds is 6. The highest BCUT2D eigenvalue weighted by molar-refractivity contribution is 6.31. The molecular formula is C17H26ClN. The molecule has 1 nitrogen and oxygen atoms in total. The van der Waals surface area contributed by atoms with Crippen molar-refractivity contribution in [3.05, 3.63) is 34.9 Å². The quantitative estimate of drug-likeness (QED) is 0.797. The maximum Gasteiger partial charge on any atom is 0.0438 e. The SMILES string of the molecule is CCNCC(Cc1ccccc1Cl)C1CCCCC1. The smallest absolute Gasteiger partial charge is 0.0438 e. The Bertz CT molecular complexity index is 371. The molecule has 19 heavy (non-hydrogen) atoms. The minimum absolute atomic E-state index is 0.736. The van der Waals surface area contributed by atoms with Crippen LogP contribution in [-0.2, 0) is 6.42 Å². The van der Waals surface area contributed by atoms with E-state index in [1.807, 2.05) is 12.1 Å². The topological polar surface area (TPSA) is 12.0 Å². The van der Waals surface area contributed by atoms with Crippen LogP contribution in [0.25, 0.3) is 0 Å². The van der Waals surface area contributed by atoms with Crippen LogP contribution >= 0.6 is 11.6 Å². The zero-order chi connectivity index (χ0) is 13.5. The molecule has 1 aromatic rings. The zero-order valence-corrected chi connectivity index (χ0v) is 12.8. The second-order valence-electron chi connectivity index (χ2n) is 5.76. The van der Waals surface area contributed by atoms with E-state index in [2.05, 4.69) is 24.4 Å². The first-order valence-corrected chi connectivity index (χ1v) is 8.13. The molecule has 1 aliphatic rings. The third-order valence-corrected chi connectivity index (χ3v) is 4.78. The Labute approximate surface area is 122 Å². The van der Waals surface area contributed by atoms with E-state index in [4.69, 9.17) is 11.6 Å². The van der Waals surface area contributed by atoms with E-state index in [1.54, 1.807) is 0 Å². The van der Waals surface area contributed by atoms with Crippen molar-refractivity contribution in [1.29, 1.82) is 0 Å². The summed E-state index contributed by atoms with van der Waals surface area (Å²) >= 11 is 6.32. The lowest BCUT2D eigenvalue weighted by Gasteiger charge is -2.31. The number of hydrogen-bond donors (Lipinski definition) is 1.